The summed E-state index contributed by atoms with van der Waals surface area (Å²) >= 11 is 0. The summed E-state index contributed by atoms with van der Waals surface area (Å²) in [5.41, 5.74) is 0.869. The quantitative estimate of drug-likeness (QED) is 0.563. The maximum absolute atomic E-state index is 11.7. The van der Waals surface area contributed by atoms with Gasteiger partial charge < -0.3 is 0 Å². The van der Waals surface area contributed by atoms with Gasteiger partial charge in [0.2, 0.25) is 0 Å². The Morgan fingerprint density at radius 3 is 2.76 bits per heavy atom. The van der Waals surface area contributed by atoms with Crippen molar-refractivity contribution in [2.24, 2.45) is 27.2 Å². The van der Waals surface area contributed by atoms with Gasteiger partial charge in [-0.05, 0) is 12.1 Å². The van der Waals surface area contributed by atoms with E-state index in [0.29, 0.717) is 0 Å². The number of carbonyl (C=O) groups is 1. The lowest BCUT2D eigenvalue weighted by Gasteiger charge is -2.26. The lowest BCUT2D eigenvalue weighted by molar-refractivity contribution is -0.136. The predicted molar refractivity (Wildman–Crippen MR) is 60.6 cm³/mol. The zero-order valence-electron chi connectivity index (χ0n) is 8.84. The molecule has 3 rings (SSSR count). The molecule has 17 heavy (non-hydrogen) atoms. The van der Waals surface area contributed by atoms with Crippen LogP contribution in [-0.2, 0) is 4.79 Å². The van der Waals surface area contributed by atoms with E-state index >= 15 is 0 Å². The Labute approximate surface area is 97.2 Å². The van der Waals surface area contributed by atoms with E-state index in [2.05, 4.69) is 15.4 Å². The third-order valence-corrected chi connectivity index (χ3v) is 2.72. The van der Waals surface area contributed by atoms with E-state index in [9.17, 15) is 4.79 Å². The largest absolute Gasteiger partial charge is 0.271 e. The minimum absolute atomic E-state index is 0.299. The Morgan fingerprint density at radius 2 is 2.00 bits per heavy atom. The normalized spacial score (nSPS) is 26.5. The van der Waals surface area contributed by atoms with Gasteiger partial charge in [0.15, 0.2) is 6.17 Å². The van der Waals surface area contributed by atoms with Crippen molar-refractivity contribution in [3.63, 3.8) is 0 Å². The molecule has 0 spiro atoms. The lowest BCUT2D eigenvalue weighted by atomic mass is 10.1. The van der Waals surface area contributed by atoms with Crippen molar-refractivity contribution >= 4 is 17.8 Å². The Morgan fingerprint density at radius 1 is 1.24 bits per heavy atom. The molecule has 2 aliphatic heterocycles. The van der Waals surface area contributed by atoms with Gasteiger partial charge in [-0.15, -0.1) is 10.2 Å². The van der Waals surface area contributed by atoms with Gasteiger partial charge in [0.25, 0.3) is 5.91 Å². The SMILES string of the molecule is NN1N=N[C@@H]2[C@@H](C=NN2c2ccccc2)C1=O. The zero-order chi connectivity index (χ0) is 11.8. The van der Waals surface area contributed by atoms with Gasteiger partial charge in [-0.1, -0.05) is 23.4 Å². The first-order valence-electron chi connectivity index (χ1n) is 5.15. The first-order valence-corrected chi connectivity index (χ1v) is 5.15. The topological polar surface area (TPSA) is 86.7 Å². The van der Waals surface area contributed by atoms with Gasteiger partial charge in [0.05, 0.1) is 5.69 Å². The molecule has 1 aromatic rings. The van der Waals surface area contributed by atoms with Crippen LogP contribution in [0.25, 0.3) is 0 Å². The van der Waals surface area contributed by atoms with E-state index in [4.69, 9.17) is 5.84 Å². The van der Waals surface area contributed by atoms with Gasteiger partial charge in [-0.25, -0.2) is 10.9 Å². The summed E-state index contributed by atoms with van der Waals surface area (Å²) in [6.45, 7) is 0. The molecule has 0 radical (unpaired) electrons. The number of hydrazine groups is 1. The second-order valence-corrected chi connectivity index (χ2v) is 3.77. The fraction of sp³-hybridized carbons (Fsp3) is 0.200. The summed E-state index contributed by atoms with van der Waals surface area (Å²) < 4.78 is 0. The van der Waals surface area contributed by atoms with Crippen LogP contribution in [0, 0.1) is 5.92 Å². The predicted octanol–water partition coefficient (Wildman–Crippen LogP) is 0.518. The average Bonchev–Trinajstić information content (AvgIpc) is 2.79. The van der Waals surface area contributed by atoms with Crippen molar-refractivity contribution in [1.82, 2.24) is 5.12 Å². The Hall–Kier alpha value is -2.28. The van der Waals surface area contributed by atoms with Crippen LogP contribution < -0.4 is 10.9 Å². The molecule has 7 nitrogen and oxygen atoms in total. The average molecular weight is 230 g/mol. The molecule has 86 valence electrons. The number of rotatable bonds is 1. The van der Waals surface area contributed by atoms with Crippen molar-refractivity contribution in [2.75, 3.05) is 5.01 Å². The summed E-state index contributed by atoms with van der Waals surface area (Å²) in [5, 5.41) is 14.2. The lowest BCUT2D eigenvalue weighted by Crippen LogP contribution is -2.47. The monoisotopic (exact) mass is 230 g/mol. The minimum atomic E-state index is -0.460. The van der Waals surface area contributed by atoms with Crippen LogP contribution in [0.2, 0.25) is 0 Å². The van der Waals surface area contributed by atoms with E-state index in [-0.39, 0.29) is 5.91 Å². The van der Waals surface area contributed by atoms with E-state index in [1.807, 2.05) is 30.3 Å². The second-order valence-electron chi connectivity index (χ2n) is 3.77. The van der Waals surface area contributed by atoms with E-state index < -0.39 is 12.1 Å². The number of benzene rings is 1. The van der Waals surface area contributed by atoms with Crippen LogP contribution in [0.1, 0.15) is 0 Å². The number of fused-ring (bicyclic) bond motifs is 1. The number of hydrogen-bond acceptors (Lipinski definition) is 6. The molecule has 1 amide bonds. The Kier molecular flexibility index (Phi) is 2.12. The van der Waals surface area contributed by atoms with E-state index in [0.717, 1.165) is 10.8 Å². The first kappa shape index (κ1) is 9.91. The van der Waals surface area contributed by atoms with Crippen molar-refractivity contribution in [3.8, 4) is 0 Å². The fourth-order valence-electron chi connectivity index (χ4n) is 1.86. The van der Waals surface area contributed by atoms with E-state index in [1.54, 1.807) is 11.2 Å². The van der Waals surface area contributed by atoms with Gasteiger partial charge in [0.1, 0.15) is 5.92 Å². The molecule has 2 heterocycles. The number of hydrazone groups is 1. The van der Waals surface area contributed by atoms with Crippen molar-refractivity contribution < 1.29 is 4.79 Å². The number of nitrogens with two attached hydrogens (primary N) is 1. The molecular formula is C10H10N6O. The number of hydrogen-bond donors (Lipinski definition) is 1. The highest BCUT2D eigenvalue weighted by atomic mass is 16.2. The number of nitrogens with zero attached hydrogens (tertiary/aromatic N) is 5. The molecular weight excluding hydrogens is 220 g/mol. The molecule has 2 aliphatic rings. The number of para-hydroxylation sites is 1. The first-order chi connectivity index (χ1) is 8.27. The van der Waals surface area contributed by atoms with Crippen LogP contribution in [0.3, 0.4) is 0 Å². The summed E-state index contributed by atoms with van der Waals surface area (Å²) in [6.07, 6.45) is 1.13. The van der Waals surface area contributed by atoms with Crippen LogP contribution in [0.5, 0.6) is 0 Å². The molecule has 2 atom stereocenters. The maximum Gasteiger partial charge on any atom is 0.271 e. The van der Waals surface area contributed by atoms with E-state index in [1.165, 1.54) is 0 Å². The number of anilines is 1. The molecule has 0 aliphatic carbocycles. The van der Waals surface area contributed by atoms with Crippen LogP contribution in [-0.4, -0.2) is 23.4 Å². The standard InChI is InChI=1S/C10H10N6O/c11-16-10(17)8-6-12-15(9(8)13-14-16)7-4-2-1-3-5-7/h1-6,8-9H,11H2/t8-,9+/m1/s1. The summed E-state index contributed by atoms with van der Waals surface area (Å²) in [7, 11) is 0. The van der Waals surface area contributed by atoms with Gasteiger partial charge in [-0.3, -0.25) is 4.79 Å². The maximum atomic E-state index is 11.7. The Bertz CT molecular complexity index is 499. The van der Waals surface area contributed by atoms with Crippen molar-refractivity contribution in [3.05, 3.63) is 30.3 Å². The Balaban J connectivity index is 1.94. The molecule has 0 bridgehead atoms. The molecule has 1 aromatic carbocycles. The van der Waals surface area contributed by atoms with Crippen LogP contribution in [0.4, 0.5) is 5.69 Å². The number of amides is 1. The molecule has 0 fully saturated rings. The van der Waals surface area contributed by atoms with Crippen LogP contribution in [0.15, 0.2) is 45.8 Å². The highest BCUT2D eigenvalue weighted by Crippen LogP contribution is 2.29. The molecule has 0 saturated carbocycles. The minimum Gasteiger partial charge on any atom is -0.270 e. The molecule has 0 aromatic heterocycles. The third kappa shape index (κ3) is 1.48. The summed E-state index contributed by atoms with van der Waals surface area (Å²) in [6, 6.07) is 9.50. The molecule has 7 heteroatoms. The highest BCUT2D eigenvalue weighted by Gasteiger charge is 2.41. The number of carbonyl (C=O) groups excluding carboxylic acids is 1. The van der Waals surface area contributed by atoms with Crippen LogP contribution >= 0.6 is 0 Å². The molecule has 0 unspecified atom stereocenters. The van der Waals surface area contributed by atoms with Gasteiger partial charge >= 0.3 is 0 Å². The molecule has 0 saturated heterocycles. The van der Waals surface area contributed by atoms with Gasteiger partial charge in [0, 0.05) is 6.21 Å². The fourth-order valence-corrected chi connectivity index (χ4v) is 1.86. The van der Waals surface area contributed by atoms with Crippen molar-refractivity contribution in [2.45, 2.75) is 6.17 Å². The zero-order valence-corrected chi connectivity index (χ0v) is 8.84. The summed E-state index contributed by atoms with van der Waals surface area (Å²) in [5.74, 6) is 4.60. The third-order valence-electron chi connectivity index (χ3n) is 2.72. The smallest absolute Gasteiger partial charge is 0.270 e. The van der Waals surface area contributed by atoms with Crippen molar-refractivity contribution in [1.29, 1.82) is 0 Å². The summed E-state index contributed by atoms with van der Waals surface area (Å²) in [4.78, 5) is 11.7. The van der Waals surface area contributed by atoms with Gasteiger partial charge in [-0.2, -0.15) is 5.10 Å². The second kappa shape index (κ2) is 3.63. The molecule has 2 N–H and O–H groups in total. The highest BCUT2D eigenvalue weighted by molar-refractivity contribution is 5.96.